The Morgan fingerprint density at radius 3 is 2.79 bits per heavy atom. The van der Waals surface area contributed by atoms with Gasteiger partial charge in [0, 0.05) is 16.7 Å². The van der Waals surface area contributed by atoms with Crippen molar-refractivity contribution in [1.29, 1.82) is 0 Å². The van der Waals surface area contributed by atoms with Gasteiger partial charge in [-0.3, -0.25) is 4.79 Å². The summed E-state index contributed by atoms with van der Waals surface area (Å²) in [6.07, 6.45) is 1.62. The molecule has 1 heterocycles. The average molecular weight is 296 g/mol. The van der Waals surface area contributed by atoms with Gasteiger partial charge >= 0.3 is 0 Å². The summed E-state index contributed by atoms with van der Waals surface area (Å²) in [6, 6.07) is 6.35. The van der Waals surface area contributed by atoms with Crippen molar-refractivity contribution in [3.8, 4) is 0 Å². The van der Waals surface area contributed by atoms with Gasteiger partial charge in [0.25, 0.3) is 0 Å². The van der Waals surface area contributed by atoms with E-state index in [9.17, 15) is 9.18 Å². The smallest absolute Gasteiger partial charge is 0.161 e. The molecule has 98 valence electrons. The number of halogens is 2. The molecule has 0 fully saturated rings. The van der Waals surface area contributed by atoms with E-state index in [0.717, 1.165) is 0 Å². The van der Waals surface area contributed by atoms with Crippen molar-refractivity contribution in [2.75, 3.05) is 0 Å². The lowest BCUT2D eigenvalue weighted by Gasteiger charge is -2.09. The summed E-state index contributed by atoms with van der Waals surface area (Å²) < 4.78 is 13.5. The van der Waals surface area contributed by atoms with Gasteiger partial charge in [0.05, 0.1) is 5.02 Å². The molecule has 0 spiro atoms. The van der Waals surface area contributed by atoms with E-state index in [1.54, 1.807) is 31.3 Å². The molecule has 1 aromatic carbocycles. The summed E-state index contributed by atoms with van der Waals surface area (Å²) in [5.41, 5.74) is 0.828. The first-order chi connectivity index (χ1) is 8.99. The zero-order chi connectivity index (χ0) is 14.0. The molecule has 2 aromatic rings. The normalized spacial score (nSPS) is 10.5. The molecule has 0 radical (unpaired) electrons. The summed E-state index contributed by atoms with van der Waals surface area (Å²) >= 11 is 7.30. The van der Waals surface area contributed by atoms with Gasteiger partial charge in [-0.15, -0.1) is 0 Å². The second kappa shape index (κ2) is 5.72. The van der Waals surface area contributed by atoms with Gasteiger partial charge in [0.15, 0.2) is 5.78 Å². The van der Waals surface area contributed by atoms with Gasteiger partial charge in [-0.2, -0.15) is 0 Å². The van der Waals surface area contributed by atoms with E-state index >= 15 is 0 Å². The minimum atomic E-state index is -0.387. The number of hydrogen-bond acceptors (Lipinski definition) is 3. The molecule has 0 atom stereocenters. The van der Waals surface area contributed by atoms with E-state index in [-0.39, 0.29) is 11.6 Å². The first-order valence-electron chi connectivity index (χ1n) is 5.58. The number of nitrogens with zero attached hydrogens (tertiary/aromatic N) is 1. The van der Waals surface area contributed by atoms with E-state index in [2.05, 4.69) is 4.98 Å². The Kier molecular flexibility index (Phi) is 4.22. The zero-order valence-corrected chi connectivity index (χ0v) is 12.0. The molecule has 0 amide bonds. The van der Waals surface area contributed by atoms with Gasteiger partial charge in [0.2, 0.25) is 0 Å². The molecule has 2 nitrogen and oxygen atoms in total. The first-order valence-corrected chi connectivity index (χ1v) is 6.78. The highest BCUT2D eigenvalue weighted by Crippen LogP contribution is 2.34. The topological polar surface area (TPSA) is 30.0 Å². The SMILES string of the molecule is CC(=O)c1cc(F)c(C)cc1Sc1ncccc1Cl. The van der Waals surface area contributed by atoms with Crippen LogP contribution in [0.3, 0.4) is 0 Å². The number of pyridine rings is 1. The number of aryl methyl sites for hydroxylation is 1. The Labute approximate surface area is 120 Å². The third-order valence-electron chi connectivity index (χ3n) is 2.57. The largest absolute Gasteiger partial charge is 0.294 e. The number of aromatic nitrogens is 1. The highest BCUT2D eigenvalue weighted by atomic mass is 35.5. The second-order valence-electron chi connectivity index (χ2n) is 4.05. The maximum atomic E-state index is 13.5. The van der Waals surface area contributed by atoms with Crippen molar-refractivity contribution in [3.05, 3.63) is 52.4 Å². The van der Waals surface area contributed by atoms with Gasteiger partial charge < -0.3 is 0 Å². The highest BCUT2D eigenvalue weighted by Gasteiger charge is 2.14. The van der Waals surface area contributed by atoms with Crippen molar-refractivity contribution >= 4 is 29.1 Å². The van der Waals surface area contributed by atoms with Gasteiger partial charge in [0.1, 0.15) is 10.8 Å². The lowest BCUT2D eigenvalue weighted by molar-refractivity contribution is 0.101. The lowest BCUT2D eigenvalue weighted by atomic mass is 10.1. The van der Waals surface area contributed by atoms with Crippen molar-refractivity contribution in [2.45, 2.75) is 23.8 Å². The van der Waals surface area contributed by atoms with Gasteiger partial charge in [-0.25, -0.2) is 9.37 Å². The molecule has 0 unspecified atom stereocenters. The van der Waals surface area contributed by atoms with Crippen LogP contribution < -0.4 is 0 Å². The van der Waals surface area contributed by atoms with Crippen LogP contribution in [0.25, 0.3) is 0 Å². The Morgan fingerprint density at radius 2 is 2.16 bits per heavy atom. The standard InChI is InChI=1S/C14H11ClFNOS/c1-8-6-13(10(9(2)18)7-12(8)16)19-14-11(15)4-3-5-17-14/h3-7H,1-2H3. The summed E-state index contributed by atoms with van der Waals surface area (Å²) in [4.78, 5) is 16.4. The van der Waals surface area contributed by atoms with Crippen LogP contribution in [0.2, 0.25) is 5.02 Å². The van der Waals surface area contributed by atoms with E-state index in [1.807, 2.05) is 0 Å². The van der Waals surface area contributed by atoms with Crippen LogP contribution in [0.1, 0.15) is 22.8 Å². The van der Waals surface area contributed by atoms with Gasteiger partial charge in [-0.05, 0) is 43.7 Å². The van der Waals surface area contributed by atoms with E-state index < -0.39 is 0 Å². The third-order valence-corrected chi connectivity index (χ3v) is 4.06. The van der Waals surface area contributed by atoms with E-state index in [4.69, 9.17) is 11.6 Å². The fourth-order valence-electron chi connectivity index (χ4n) is 1.57. The number of Topliss-reactive ketones (excluding diaryl/α,β-unsaturated/α-hetero) is 1. The molecule has 19 heavy (non-hydrogen) atoms. The molecule has 1 aromatic heterocycles. The van der Waals surface area contributed by atoms with Crippen LogP contribution in [0.5, 0.6) is 0 Å². The molecule has 5 heteroatoms. The van der Waals surface area contributed by atoms with Crippen LogP contribution in [0.15, 0.2) is 40.4 Å². The van der Waals surface area contributed by atoms with Crippen LogP contribution in [0, 0.1) is 12.7 Å². The summed E-state index contributed by atoms with van der Waals surface area (Å²) in [6.45, 7) is 3.07. The fraction of sp³-hybridized carbons (Fsp3) is 0.143. The molecular formula is C14H11ClFNOS. The highest BCUT2D eigenvalue weighted by molar-refractivity contribution is 7.99. The maximum absolute atomic E-state index is 13.5. The monoisotopic (exact) mass is 295 g/mol. The molecular weight excluding hydrogens is 285 g/mol. The van der Waals surface area contributed by atoms with Crippen LogP contribution in [0.4, 0.5) is 4.39 Å². The zero-order valence-electron chi connectivity index (χ0n) is 10.4. The van der Waals surface area contributed by atoms with Crippen molar-refractivity contribution in [1.82, 2.24) is 4.98 Å². The molecule has 0 N–H and O–H groups in total. The lowest BCUT2D eigenvalue weighted by Crippen LogP contribution is -1.98. The number of rotatable bonds is 3. The quantitative estimate of drug-likeness (QED) is 0.779. The summed E-state index contributed by atoms with van der Waals surface area (Å²) in [5.74, 6) is -0.574. The second-order valence-corrected chi connectivity index (χ2v) is 5.48. The van der Waals surface area contributed by atoms with Gasteiger partial charge in [-0.1, -0.05) is 23.4 Å². The molecule has 0 saturated heterocycles. The predicted octanol–water partition coefficient (Wildman–Crippen LogP) is 4.54. The fourth-order valence-corrected chi connectivity index (χ4v) is 2.84. The van der Waals surface area contributed by atoms with Crippen LogP contribution >= 0.6 is 23.4 Å². The van der Waals surface area contributed by atoms with E-state index in [0.29, 0.717) is 26.1 Å². The Balaban J connectivity index is 2.48. The van der Waals surface area contributed by atoms with E-state index in [1.165, 1.54) is 24.8 Å². The molecule has 0 bridgehead atoms. The number of hydrogen-bond donors (Lipinski definition) is 0. The van der Waals surface area contributed by atoms with Crippen LogP contribution in [-0.2, 0) is 0 Å². The Morgan fingerprint density at radius 1 is 1.42 bits per heavy atom. The predicted molar refractivity (Wildman–Crippen MR) is 74.5 cm³/mol. The minimum Gasteiger partial charge on any atom is -0.294 e. The minimum absolute atomic E-state index is 0.187. The molecule has 2 rings (SSSR count). The Bertz CT molecular complexity index is 645. The number of carbonyl (C=O) groups excluding carboxylic acids is 1. The number of carbonyl (C=O) groups is 1. The van der Waals surface area contributed by atoms with Crippen molar-refractivity contribution in [2.24, 2.45) is 0 Å². The van der Waals surface area contributed by atoms with Crippen molar-refractivity contribution < 1.29 is 9.18 Å². The van der Waals surface area contributed by atoms with Crippen molar-refractivity contribution in [3.63, 3.8) is 0 Å². The maximum Gasteiger partial charge on any atom is 0.161 e. The average Bonchev–Trinajstić information content (AvgIpc) is 2.36. The molecule has 0 aliphatic rings. The molecule has 0 aliphatic heterocycles. The van der Waals surface area contributed by atoms with Crippen LogP contribution in [-0.4, -0.2) is 10.8 Å². The number of ketones is 1. The number of benzene rings is 1. The summed E-state index contributed by atoms with van der Waals surface area (Å²) in [7, 11) is 0. The Hall–Kier alpha value is -1.39. The third kappa shape index (κ3) is 3.14. The first kappa shape index (κ1) is 14.0. The molecule has 0 aliphatic carbocycles. The molecule has 0 saturated carbocycles. The summed E-state index contributed by atoms with van der Waals surface area (Å²) in [5, 5.41) is 1.10.